The summed E-state index contributed by atoms with van der Waals surface area (Å²) in [6.45, 7) is 3.07. The summed E-state index contributed by atoms with van der Waals surface area (Å²) in [5.74, 6) is 0. The highest BCUT2D eigenvalue weighted by Crippen LogP contribution is 2.15. The van der Waals surface area contributed by atoms with Crippen LogP contribution in [0.1, 0.15) is 18.4 Å². The SMILES string of the molecule is CNC1CCCN(Cc2ccc(S(C)(=O)=O)cc2)C1. The van der Waals surface area contributed by atoms with E-state index < -0.39 is 9.84 Å². The van der Waals surface area contributed by atoms with E-state index in [0.29, 0.717) is 10.9 Å². The Morgan fingerprint density at radius 3 is 2.58 bits per heavy atom. The summed E-state index contributed by atoms with van der Waals surface area (Å²) >= 11 is 0. The Hall–Kier alpha value is -0.910. The third-order valence-corrected chi connectivity index (χ3v) is 4.80. The van der Waals surface area contributed by atoms with Crippen molar-refractivity contribution in [2.45, 2.75) is 30.3 Å². The Labute approximate surface area is 115 Å². The molecule has 0 radical (unpaired) electrons. The minimum Gasteiger partial charge on any atom is -0.316 e. The molecule has 0 amide bonds. The standard InChI is InChI=1S/C14H22N2O2S/c1-15-13-4-3-9-16(11-13)10-12-5-7-14(8-6-12)19(2,17)18/h5-8,13,15H,3-4,9-11H2,1-2H3. The third kappa shape index (κ3) is 4.03. The molecule has 1 fully saturated rings. The molecule has 4 nitrogen and oxygen atoms in total. The molecule has 1 unspecified atom stereocenters. The summed E-state index contributed by atoms with van der Waals surface area (Å²) in [4.78, 5) is 2.81. The van der Waals surface area contributed by atoms with Crippen molar-refractivity contribution in [1.82, 2.24) is 10.2 Å². The highest BCUT2D eigenvalue weighted by molar-refractivity contribution is 7.90. The predicted molar refractivity (Wildman–Crippen MR) is 76.9 cm³/mol. The summed E-state index contributed by atoms with van der Waals surface area (Å²) in [5, 5.41) is 3.33. The Morgan fingerprint density at radius 2 is 2.00 bits per heavy atom. The van der Waals surface area contributed by atoms with E-state index >= 15 is 0 Å². The number of nitrogens with one attached hydrogen (secondary N) is 1. The highest BCUT2D eigenvalue weighted by Gasteiger charge is 2.18. The summed E-state index contributed by atoms with van der Waals surface area (Å²) < 4.78 is 22.8. The maximum Gasteiger partial charge on any atom is 0.175 e. The minimum atomic E-state index is -3.09. The largest absolute Gasteiger partial charge is 0.316 e. The topological polar surface area (TPSA) is 49.4 Å². The van der Waals surface area contributed by atoms with Crippen LogP contribution >= 0.6 is 0 Å². The molecular formula is C14H22N2O2S. The van der Waals surface area contributed by atoms with E-state index in [1.807, 2.05) is 19.2 Å². The Kier molecular flexibility index (Phi) is 4.60. The van der Waals surface area contributed by atoms with Gasteiger partial charge in [0.05, 0.1) is 4.90 Å². The predicted octanol–water partition coefficient (Wildman–Crippen LogP) is 1.27. The Morgan fingerprint density at radius 1 is 1.32 bits per heavy atom. The van der Waals surface area contributed by atoms with Crippen LogP contribution in [0.4, 0.5) is 0 Å². The van der Waals surface area contributed by atoms with Crippen LogP contribution in [-0.2, 0) is 16.4 Å². The zero-order chi connectivity index (χ0) is 13.9. The molecule has 0 aromatic heterocycles. The summed E-state index contributed by atoms with van der Waals surface area (Å²) in [6.07, 6.45) is 3.69. The van der Waals surface area contributed by atoms with Gasteiger partial charge in [0.2, 0.25) is 0 Å². The van der Waals surface area contributed by atoms with E-state index in [4.69, 9.17) is 0 Å². The van der Waals surface area contributed by atoms with Gasteiger partial charge in [-0.3, -0.25) is 4.90 Å². The molecule has 2 rings (SSSR count). The molecule has 1 aromatic carbocycles. The number of hydrogen-bond acceptors (Lipinski definition) is 4. The lowest BCUT2D eigenvalue weighted by molar-refractivity contribution is 0.188. The van der Waals surface area contributed by atoms with Crippen molar-refractivity contribution in [3.05, 3.63) is 29.8 Å². The molecule has 1 saturated heterocycles. The molecule has 1 aliphatic rings. The van der Waals surface area contributed by atoms with Crippen LogP contribution in [0.2, 0.25) is 0 Å². The summed E-state index contributed by atoms with van der Waals surface area (Å²) in [5.41, 5.74) is 1.17. The number of piperidine rings is 1. The average Bonchev–Trinajstić information content (AvgIpc) is 2.38. The van der Waals surface area contributed by atoms with E-state index in [0.717, 1.165) is 19.6 Å². The third-order valence-electron chi connectivity index (χ3n) is 3.67. The zero-order valence-electron chi connectivity index (χ0n) is 11.6. The number of likely N-dealkylation sites (tertiary alicyclic amines) is 1. The molecule has 19 heavy (non-hydrogen) atoms. The molecule has 1 atom stereocenters. The van der Waals surface area contributed by atoms with Gasteiger partial charge in [-0.25, -0.2) is 8.42 Å². The molecule has 1 heterocycles. The Balaban J connectivity index is 2.00. The number of benzene rings is 1. The molecule has 0 bridgehead atoms. The quantitative estimate of drug-likeness (QED) is 0.903. The number of sulfone groups is 1. The van der Waals surface area contributed by atoms with Crippen molar-refractivity contribution in [2.75, 3.05) is 26.4 Å². The number of likely N-dealkylation sites (N-methyl/N-ethyl adjacent to an activating group) is 1. The second-order valence-corrected chi connectivity index (χ2v) is 7.29. The summed E-state index contributed by atoms with van der Waals surface area (Å²) in [7, 11) is -1.08. The van der Waals surface area contributed by atoms with Crippen LogP contribution in [0.25, 0.3) is 0 Å². The van der Waals surface area contributed by atoms with Gasteiger partial charge in [-0.2, -0.15) is 0 Å². The van der Waals surface area contributed by atoms with Crippen molar-refractivity contribution < 1.29 is 8.42 Å². The van der Waals surface area contributed by atoms with Crippen LogP contribution in [0.5, 0.6) is 0 Å². The van der Waals surface area contributed by atoms with Gasteiger partial charge >= 0.3 is 0 Å². The van der Waals surface area contributed by atoms with E-state index in [1.54, 1.807) is 12.1 Å². The van der Waals surface area contributed by atoms with Crippen molar-refractivity contribution in [3.63, 3.8) is 0 Å². The van der Waals surface area contributed by atoms with Crippen LogP contribution in [0.15, 0.2) is 29.2 Å². The van der Waals surface area contributed by atoms with Crippen molar-refractivity contribution >= 4 is 9.84 Å². The second kappa shape index (κ2) is 6.03. The van der Waals surface area contributed by atoms with Gasteiger partial charge in [0.1, 0.15) is 0 Å². The van der Waals surface area contributed by atoms with E-state index in [2.05, 4.69) is 10.2 Å². The van der Waals surface area contributed by atoms with Gasteiger partial charge in [0.15, 0.2) is 9.84 Å². The highest BCUT2D eigenvalue weighted by atomic mass is 32.2. The van der Waals surface area contributed by atoms with Crippen LogP contribution < -0.4 is 5.32 Å². The van der Waals surface area contributed by atoms with Gasteiger partial charge in [-0.1, -0.05) is 12.1 Å². The minimum absolute atomic E-state index is 0.392. The molecule has 106 valence electrons. The van der Waals surface area contributed by atoms with E-state index in [-0.39, 0.29) is 0 Å². The van der Waals surface area contributed by atoms with Crippen molar-refractivity contribution in [2.24, 2.45) is 0 Å². The molecule has 1 aliphatic heterocycles. The van der Waals surface area contributed by atoms with E-state index in [9.17, 15) is 8.42 Å². The fourth-order valence-corrected chi connectivity index (χ4v) is 3.17. The first-order valence-corrected chi connectivity index (χ1v) is 8.57. The fourth-order valence-electron chi connectivity index (χ4n) is 2.54. The normalized spacial score (nSPS) is 21.5. The lowest BCUT2D eigenvalue weighted by Gasteiger charge is -2.32. The van der Waals surface area contributed by atoms with Gasteiger partial charge in [0.25, 0.3) is 0 Å². The summed E-state index contributed by atoms with van der Waals surface area (Å²) in [6, 6.07) is 7.80. The first kappa shape index (κ1) is 14.5. The monoisotopic (exact) mass is 282 g/mol. The first-order valence-electron chi connectivity index (χ1n) is 6.67. The second-order valence-electron chi connectivity index (χ2n) is 5.28. The maximum absolute atomic E-state index is 11.4. The smallest absolute Gasteiger partial charge is 0.175 e. The molecule has 1 aromatic rings. The maximum atomic E-state index is 11.4. The molecular weight excluding hydrogens is 260 g/mol. The van der Waals surface area contributed by atoms with Crippen molar-refractivity contribution in [1.29, 1.82) is 0 Å². The molecule has 5 heteroatoms. The lowest BCUT2D eigenvalue weighted by atomic mass is 10.1. The van der Waals surface area contributed by atoms with Crippen molar-refractivity contribution in [3.8, 4) is 0 Å². The average molecular weight is 282 g/mol. The first-order chi connectivity index (χ1) is 8.99. The van der Waals surface area contributed by atoms with Crippen LogP contribution in [0, 0.1) is 0 Å². The van der Waals surface area contributed by atoms with E-state index in [1.165, 1.54) is 24.7 Å². The van der Waals surface area contributed by atoms with Gasteiger partial charge in [-0.15, -0.1) is 0 Å². The lowest BCUT2D eigenvalue weighted by Crippen LogP contribution is -2.43. The number of hydrogen-bond donors (Lipinski definition) is 1. The molecule has 0 spiro atoms. The molecule has 1 N–H and O–H groups in total. The number of rotatable bonds is 4. The van der Waals surface area contributed by atoms with Gasteiger partial charge in [0, 0.05) is 25.4 Å². The number of nitrogens with zero attached hydrogens (tertiary/aromatic N) is 1. The Bertz CT molecular complexity index is 511. The molecule has 0 saturated carbocycles. The van der Waals surface area contributed by atoms with Gasteiger partial charge < -0.3 is 5.32 Å². The molecule has 0 aliphatic carbocycles. The zero-order valence-corrected chi connectivity index (χ0v) is 12.4. The van der Waals surface area contributed by atoms with Gasteiger partial charge in [-0.05, 0) is 44.1 Å². The fraction of sp³-hybridized carbons (Fsp3) is 0.571. The van der Waals surface area contributed by atoms with Crippen LogP contribution in [-0.4, -0.2) is 45.8 Å². The van der Waals surface area contributed by atoms with Crippen LogP contribution in [0.3, 0.4) is 0 Å².